The predicted molar refractivity (Wildman–Crippen MR) is 122 cm³/mol. The minimum atomic E-state index is 0.572. The largest absolute Gasteiger partial charge is 0.497 e. The number of para-hydroxylation sites is 2. The minimum Gasteiger partial charge on any atom is -0.497 e. The molecule has 5 heteroatoms. The molecule has 0 saturated carbocycles. The van der Waals surface area contributed by atoms with Crippen LogP contribution in [0.4, 0.5) is 5.69 Å². The van der Waals surface area contributed by atoms with Crippen molar-refractivity contribution < 1.29 is 18.6 Å². The molecular formula is C26H25NO4. The van der Waals surface area contributed by atoms with Gasteiger partial charge < -0.3 is 18.6 Å². The van der Waals surface area contributed by atoms with Crippen molar-refractivity contribution in [1.29, 1.82) is 0 Å². The van der Waals surface area contributed by atoms with E-state index < -0.39 is 0 Å². The van der Waals surface area contributed by atoms with E-state index >= 15 is 0 Å². The molecule has 0 fully saturated rings. The van der Waals surface area contributed by atoms with Gasteiger partial charge in [-0.2, -0.15) is 0 Å². The average Bonchev–Trinajstić information content (AvgIpc) is 2.81. The molecule has 1 heterocycles. The van der Waals surface area contributed by atoms with Gasteiger partial charge in [0.1, 0.15) is 34.3 Å². The molecule has 5 nitrogen and oxygen atoms in total. The van der Waals surface area contributed by atoms with E-state index in [1.165, 1.54) is 0 Å². The summed E-state index contributed by atoms with van der Waals surface area (Å²) in [6.45, 7) is 5.09. The molecule has 0 spiro atoms. The third-order valence-electron chi connectivity index (χ3n) is 4.81. The highest BCUT2D eigenvalue weighted by Gasteiger charge is 2.09. The number of ether oxygens (including phenoxy) is 3. The standard InChI is InChI=1S/C26H25NO4/c1-4-29-20-14-15-24-21(16-20)23(27-22-8-6-7-9-25(22)30-5-2)17-26(31-24)18-10-12-19(28-3)13-11-18/h6-17H,4-5H2,1-3H3. The predicted octanol–water partition coefficient (Wildman–Crippen LogP) is 6.14. The molecule has 4 aromatic rings. The zero-order valence-corrected chi connectivity index (χ0v) is 17.9. The number of benzene rings is 3. The van der Waals surface area contributed by atoms with Crippen molar-refractivity contribution in [2.45, 2.75) is 13.8 Å². The van der Waals surface area contributed by atoms with Crippen LogP contribution in [0.5, 0.6) is 17.2 Å². The van der Waals surface area contributed by atoms with Crippen LogP contribution in [-0.4, -0.2) is 20.3 Å². The van der Waals surface area contributed by atoms with E-state index in [1.807, 2.05) is 86.6 Å². The van der Waals surface area contributed by atoms with Crippen LogP contribution in [0, 0.1) is 0 Å². The maximum atomic E-state index is 6.22. The Morgan fingerprint density at radius 2 is 1.55 bits per heavy atom. The van der Waals surface area contributed by atoms with Gasteiger partial charge in [0.25, 0.3) is 0 Å². The van der Waals surface area contributed by atoms with Crippen molar-refractivity contribution in [1.82, 2.24) is 0 Å². The summed E-state index contributed by atoms with van der Waals surface area (Å²) in [7, 11) is 1.65. The van der Waals surface area contributed by atoms with E-state index in [0.717, 1.165) is 44.8 Å². The number of rotatable bonds is 7. The number of hydrogen-bond acceptors (Lipinski definition) is 5. The Balaban J connectivity index is 1.94. The second kappa shape index (κ2) is 9.39. The maximum Gasteiger partial charge on any atom is 0.144 e. The highest BCUT2D eigenvalue weighted by molar-refractivity contribution is 5.80. The summed E-state index contributed by atoms with van der Waals surface area (Å²) >= 11 is 0. The van der Waals surface area contributed by atoms with E-state index in [9.17, 15) is 0 Å². The first-order valence-electron chi connectivity index (χ1n) is 10.3. The van der Waals surface area contributed by atoms with Crippen molar-refractivity contribution in [3.05, 3.63) is 78.2 Å². The zero-order chi connectivity index (χ0) is 21.6. The van der Waals surface area contributed by atoms with E-state index in [4.69, 9.17) is 23.6 Å². The molecule has 158 valence electrons. The molecule has 0 saturated heterocycles. The molecule has 4 rings (SSSR count). The Bertz CT molecular complexity index is 1240. The third-order valence-corrected chi connectivity index (χ3v) is 4.81. The van der Waals surface area contributed by atoms with Crippen molar-refractivity contribution in [3.63, 3.8) is 0 Å². The Hall–Kier alpha value is -3.73. The van der Waals surface area contributed by atoms with Gasteiger partial charge >= 0.3 is 0 Å². The molecule has 1 aromatic heterocycles. The van der Waals surface area contributed by atoms with Crippen LogP contribution >= 0.6 is 0 Å². The summed E-state index contributed by atoms with van der Waals surface area (Å²) in [4.78, 5) is 4.94. The first kappa shape index (κ1) is 20.5. The second-order valence-corrected chi connectivity index (χ2v) is 6.83. The van der Waals surface area contributed by atoms with Gasteiger partial charge in [0, 0.05) is 17.0 Å². The molecule has 0 aliphatic rings. The van der Waals surface area contributed by atoms with Crippen LogP contribution in [0.2, 0.25) is 0 Å². The summed E-state index contributed by atoms with van der Waals surface area (Å²) in [5, 5.41) is 1.65. The van der Waals surface area contributed by atoms with Crippen LogP contribution in [0.25, 0.3) is 22.3 Å². The SMILES string of the molecule is CCOc1ccc2oc(-c3ccc(OC)cc3)cc(=Nc3ccccc3OCC)c2c1. The quantitative estimate of drug-likeness (QED) is 0.364. The van der Waals surface area contributed by atoms with Gasteiger partial charge in [0.2, 0.25) is 0 Å². The van der Waals surface area contributed by atoms with Crippen LogP contribution in [-0.2, 0) is 0 Å². The Morgan fingerprint density at radius 3 is 2.29 bits per heavy atom. The van der Waals surface area contributed by atoms with Crippen LogP contribution in [0.15, 0.2) is 82.2 Å². The topological polar surface area (TPSA) is 53.2 Å². The smallest absolute Gasteiger partial charge is 0.144 e. The fourth-order valence-electron chi connectivity index (χ4n) is 3.35. The summed E-state index contributed by atoms with van der Waals surface area (Å²) in [6.07, 6.45) is 0. The van der Waals surface area contributed by atoms with Crippen molar-refractivity contribution in [2.24, 2.45) is 4.99 Å². The van der Waals surface area contributed by atoms with E-state index in [0.29, 0.717) is 19.0 Å². The molecular weight excluding hydrogens is 390 g/mol. The molecule has 0 unspecified atom stereocenters. The summed E-state index contributed by atoms with van der Waals surface area (Å²) < 4.78 is 23.0. The van der Waals surface area contributed by atoms with Crippen LogP contribution in [0.1, 0.15) is 13.8 Å². The normalized spacial score (nSPS) is 11.5. The lowest BCUT2D eigenvalue weighted by Crippen LogP contribution is -2.04. The van der Waals surface area contributed by atoms with Crippen LogP contribution in [0.3, 0.4) is 0 Å². The fraction of sp³-hybridized carbons (Fsp3) is 0.192. The van der Waals surface area contributed by atoms with Crippen molar-refractivity contribution in [2.75, 3.05) is 20.3 Å². The number of methoxy groups -OCH3 is 1. The fourth-order valence-corrected chi connectivity index (χ4v) is 3.35. The monoisotopic (exact) mass is 415 g/mol. The van der Waals surface area contributed by atoms with Gasteiger partial charge in [0.15, 0.2) is 0 Å². The average molecular weight is 415 g/mol. The lowest BCUT2D eigenvalue weighted by molar-refractivity contribution is 0.340. The maximum absolute atomic E-state index is 6.22. The second-order valence-electron chi connectivity index (χ2n) is 6.83. The third kappa shape index (κ3) is 4.56. The van der Waals surface area contributed by atoms with E-state index in [2.05, 4.69) is 0 Å². The van der Waals surface area contributed by atoms with Gasteiger partial charge in [-0.15, -0.1) is 0 Å². The van der Waals surface area contributed by atoms with Gasteiger partial charge in [-0.1, -0.05) is 12.1 Å². The molecule has 0 N–H and O–H groups in total. The Morgan fingerprint density at radius 1 is 0.806 bits per heavy atom. The lowest BCUT2D eigenvalue weighted by Gasteiger charge is -2.09. The van der Waals surface area contributed by atoms with Gasteiger partial charge in [-0.25, -0.2) is 4.99 Å². The van der Waals surface area contributed by atoms with Gasteiger partial charge in [-0.05, 0) is 68.4 Å². The van der Waals surface area contributed by atoms with Crippen molar-refractivity contribution >= 4 is 16.7 Å². The molecule has 31 heavy (non-hydrogen) atoms. The van der Waals surface area contributed by atoms with E-state index in [-0.39, 0.29) is 0 Å². The molecule has 0 aliphatic heterocycles. The highest BCUT2D eigenvalue weighted by Crippen LogP contribution is 2.29. The molecule has 0 radical (unpaired) electrons. The minimum absolute atomic E-state index is 0.572. The summed E-state index contributed by atoms with van der Waals surface area (Å²) in [6, 6.07) is 23.3. The van der Waals surface area contributed by atoms with Crippen LogP contribution < -0.4 is 19.6 Å². The first-order valence-corrected chi connectivity index (χ1v) is 10.3. The molecule has 0 bridgehead atoms. The molecule has 0 amide bonds. The summed E-state index contributed by atoms with van der Waals surface area (Å²) in [5.74, 6) is 3.02. The number of fused-ring (bicyclic) bond motifs is 1. The molecule has 3 aromatic carbocycles. The Kier molecular flexibility index (Phi) is 6.22. The molecule has 0 atom stereocenters. The Labute approximate surface area is 181 Å². The summed E-state index contributed by atoms with van der Waals surface area (Å²) in [5.41, 5.74) is 2.43. The van der Waals surface area contributed by atoms with Gasteiger partial charge in [-0.3, -0.25) is 0 Å². The number of hydrogen-bond donors (Lipinski definition) is 0. The van der Waals surface area contributed by atoms with Gasteiger partial charge in [0.05, 0.1) is 25.7 Å². The van der Waals surface area contributed by atoms with E-state index in [1.54, 1.807) is 7.11 Å². The zero-order valence-electron chi connectivity index (χ0n) is 17.9. The number of nitrogens with zero attached hydrogens (tertiary/aromatic N) is 1. The highest BCUT2D eigenvalue weighted by atomic mass is 16.5. The molecule has 0 aliphatic carbocycles. The van der Waals surface area contributed by atoms with Crippen molar-refractivity contribution in [3.8, 4) is 28.6 Å². The first-order chi connectivity index (χ1) is 15.2. The lowest BCUT2D eigenvalue weighted by atomic mass is 10.1.